The molecule has 0 aliphatic carbocycles. The molecule has 1 unspecified atom stereocenters. The molecule has 1 aliphatic rings. The molecule has 1 atom stereocenters. The summed E-state index contributed by atoms with van der Waals surface area (Å²) in [6.45, 7) is 6.82. The van der Waals surface area contributed by atoms with Crippen molar-refractivity contribution in [1.82, 2.24) is 5.32 Å². The van der Waals surface area contributed by atoms with Crippen molar-refractivity contribution in [2.24, 2.45) is 11.8 Å². The van der Waals surface area contributed by atoms with Crippen molar-refractivity contribution >= 4 is 6.29 Å². The Hall–Kier alpha value is -0.410. The fourth-order valence-corrected chi connectivity index (χ4v) is 0.724. The molecule has 0 amide bonds. The van der Waals surface area contributed by atoms with Crippen LogP contribution < -0.4 is 5.32 Å². The van der Waals surface area contributed by atoms with Crippen LogP contribution in [-0.2, 0) is 9.53 Å². The topological polar surface area (TPSA) is 38.3 Å². The standard InChI is InChI=1S/C5H11NO.C4H8O/c1-5(4-7)3-6-2;1-4-2-5-3-4/h4-6H,3H2,1-2H3;4H,2-3H2,1H3. The van der Waals surface area contributed by atoms with Gasteiger partial charge in [-0.15, -0.1) is 0 Å². The van der Waals surface area contributed by atoms with Crippen LogP contribution in [0.2, 0.25) is 0 Å². The molecule has 12 heavy (non-hydrogen) atoms. The summed E-state index contributed by atoms with van der Waals surface area (Å²) >= 11 is 0. The molecule has 0 spiro atoms. The fraction of sp³-hybridized carbons (Fsp3) is 0.889. The van der Waals surface area contributed by atoms with Gasteiger partial charge in [0.05, 0.1) is 13.2 Å². The van der Waals surface area contributed by atoms with Gasteiger partial charge in [-0.2, -0.15) is 0 Å². The second-order valence-corrected chi connectivity index (χ2v) is 3.31. The largest absolute Gasteiger partial charge is 0.381 e. The van der Waals surface area contributed by atoms with E-state index in [2.05, 4.69) is 12.2 Å². The predicted octanol–water partition coefficient (Wildman–Crippen LogP) is 0.694. The molecule has 0 radical (unpaired) electrons. The fourth-order valence-electron chi connectivity index (χ4n) is 0.724. The number of carbonyl (C=O) groups excluding carboxylic acids is 1. The van der Waals surface area contributed by atoms with Crippen LogP contribution in [0, 0.1) is 11.8 Å². The van der Waals surface area contributed by atoms with Gasteiger partial charge in [0.25, 0.3) is 0 Å². The minimum absolute atomic E-state index is 0.157. The van der Waals surface area contributed by atoms with Gasteiger partial charge in [-0.05, 0) is 7.05 Å². The van der Waals surface area contributed by atoms with Gasteiger partial charge in [-0.1, -0.05) is 13.8 Å². The van der Waals surface area contributed by atoms with E-state index in [1.54, 1.807) is 0 Å². The molecule has 3 nitrogen and oxygen atoms in total. The van der Waals surface area contributed by atoms with Gasteiger partial charge in [0.1, 0.15) is 6.29 Å². The SMILES string of the molecule is CC1COC1.CNCC(C)C=O. The lowest BCUT2D eigenvalue weighted by Gasteiger charge is -2.20. The van der Waals surface area contributed by atoms with Crippen molar-refractivity contribution in [3.8, 4) is 0 Å². The summed E-state index contributed by atoms with van der Waals surface area (Å²) in [5, 5.41) is 2.89. The van der Waals surface area contributed by atoms with Crippen LogP contribution in [0.1, 0.15) is 13.8 Å². The van der Waals surface area contributed by atoms with E-state index in [4.69, 9.17) is 4.74 Å². The summed E-state index contributed by atoms with van der Waals surface area (Å²) in [6.07, 6.45) is 0.941. The Morgan fingerprint density at radius 1 is 1.67 bits per heavy atom. The Morgan fingerprint density at radius 3 is 2.25 bits per heavy atom. The van der Waals surface area contributed by atoms with E-state index in [9.17, 15) is 4.79 Å². The minimum atomic E-state index is 0.157. The maximum Gasteiger partial charge on any atom is 0.124 e. The van der Waals surface area contributed by atoms with Crippen molar-refractivity contribution in [2.75, 3.05) is 26.8 Å². The van der Waals surface area contributed by atoms with Gasteiger partial charge in [0.2, 0.25) is 0 Å². The number of hydrogen-bond acceptors (Lipinski definition) is 3. The van der Waals surface area contributed by atoms with E-state index in [-0.39, 0.29) is 5.92 Å². The third-order valence-corrected chi connectivity index (χ3v) is 1.56. The van der Waals surface area contributed by atoms with Crippen LogP contribution in [0.4, 0.5) is 0 Å². The lowest BCUT2D eigenvalue weighted by atomic mass is 10.2. The van der Waals surface area contributed by atoms with Gasteiger partial charge in [0, 0.05) is 18.4 Å². The number of carbonyl (C=O) groups is 1. The lowest BCUT2D eigenvalue weighted by Crippen LogP contribution is -2.23. The lowest BCUT2D eigenvalue weighted by molar-refractivity contribution is -0.110. The molecule has 3 heteroatoms. The van der Waals surface area contributed by atoms with Crippen LogP contribution in [0.3, 0.4) is 0 Å². The van der Waals surface area contributed by atoms with Crippen LogP contribution >= 0.6 is 0 Å². The molecule has 1 N–H and O–H groups in total. The molecule has 0 aromatic heterocycles. The van der Waals surface area contributed by atoms with Gasteiger partial charge in [-0.25, -0.2) is 0 Å². The van der Waals surface area contributed by atoms with E-state index in [1.165, 1.54) is 0 Å². The first kappa shape index (κ1) is 11.6. The highest BCUT2D eigenvalue weighted by Crippen LogP contribution is 2.05. The van der Waals surface area contributed by atoms with Crippen molar-refractivity contribution in [2.45, 2.75) is 13.8 Å². The molecule has 0 bridgehead atoms. The molecular formula is C9H19NO2. The van der Waals surface area contributed by atoms with Crippen LogP contribution in [0.15, 0.2) is 0 Å². The highest BCUT2D eigenvalue weighted by molar-refractivity contribution is 5.52. The Bertz CT molecular complexity index is 113. The summed E-state index contributed by atoms with van der Waals surface area (Å²) in [4.78, 5) is 9.85. The number of ether oxygens (including phenoxy) is 1. The van der Waals surface area contributed by atoms with Gasteiger partial charge in [-0.3, -0.25) is 0 Å². The van der Waals surface area contributed by atoms with Crippen molar-refractivity contribution in [3.05, 3.63) is 0 Å². The maximum atomic E-state index is 9.85. The Balaban J connectivity index is 0.000000211. The average molecular weight is 173 g/mol. The molecule has 1 rings (SSSR count). The zero-order chi connectivity index (χ0) is 9.40. The Labute approximate surface area is 74.5 Å². The van der Waals surface area contributed by atoms with Crippen LogP contribution in [0.5, 0.6) is 0 Å². The van der Waals surface area contributed by atoms with Gasteiger partial charge >= 0.3 is 0 Å². The van der Waals surface area contributed by atoms with Gasteiger partial charge in [0.15, 0.2) is 0 Å². The number of nitrogens with one attached hydrogen (secondary N) is 1. The highest BCUT2D eigenvalue weighted by Gasteiger charge is 2.09. The van der Waals surface area contributed by atoms with Gasteiger partial charge < -0.3 is 14.8 Å². The smallest absolute Gasteiger partial charge is 0.124 e. The van der Waals surface area contributed by atoms with E-state index < -0.39 is 0 Å². The molecule has 1 fully saturated rings. The monoisotopic (exact) mass is 173 g/mol. The van der Waals surface area contributed by atoms with E-state index in [0.717, 1.165) is 32.0 Å². The van der Waals surface area contributed by atoms with Crippen molar-refractivity contribution in [3.63, 3.8) is 0 Å². The van der Waals surface area contributed by atoms with Crippen molar-refractivity contribution in [1.29, 1.82) is 0 Å². The van der Waals surface area contributed by atoms with E-state index >= 15 is 0 Å². The minimum Gasteiger partial charge on any atom is -0.381 e. The maximum absolute atomic E-state index is 9.85. The molecule has 1 aliphatic heterocycles. The summed E-state index contributed by atoms with van der Waals surface area (Å²) in [5.41, 5.74) is 0. The third kappa shape index (κ3) is 6.31. The summed E-state index contributed by atoms with van der Waals surface area (Å²) in [7, 11) is 1.83. The number of aldehydes is 1. The molecular weight excluding hydrogens is 154 g/mol. The zero-order valence-electron chi connectivity index (χ0n) is 8.17. The number of hydrogen-bond donors (Lipinski definition) is 1. The first-order chi connectivity index (χ1) is 5.70. The molecule has 72 valence electrons. The van der Waals surface area contributed by atoms with Crippen LogP contribution in [-0.4, -0.2) is 33.1 Å². The van der Waals surface area contributed by atoms with Crippen LogP contribution in [0.25, 0.3) is 0 Å². The van der Waals surface area contributed by atoms with E-state index in [0.29, 0.717) is 0 Å². The van der Waals surface area contributed by atoms with Crippen molar-refractivity contribution < 1.29 is 9.53 Å². The quantitative estimate of drug-likeness (QED) is 0.638. The zero-order valence-corrected chi connectivity index (χ0v) is 8.17. The third-order valence-electron chi connectivity index (χ3n) is 1.56. The molecule has 1 heterocycles. The number of rotatable bonds is 3. The average Bonchev–Trinajstić information content (AvgIpc) is 2.02. The summed E-state index contributed by atoms with van der Waals surface area (Å²) in [5.74, 6) is 1.000. The first-order valence-corrected chi connectivity index (χ1v) is 4.38. The van der Waals surface area contributed by atoms with E-state index in [1.807, 2.05) is 14.0 Å². The second-order valence-electron chi connectivity index (χ2n) is 3.31. The first-order valence-electron chi connectivity index (χ1n) is 4.38. The summed E-state index contributed by atoms with van der Waals surface area (Å²) in [6, 6.07) is 0. The Morgan fingerprint density at radius 2 is 2.17 bits per heavy atom. The molecule has 0 aromatic carbocycles. The normalized spacial score (nSPS) is 18.6. The Kier molecular flexibility index (Phi) is 7.00. The molecule has 0 saturated carbocycles. The predicted molar refractivity (Wildman–Crippen MR) is 49.1 cm³/mol. The second kappa shape index (κ2) is 7.25. The molecule has 0 aromatic rings. The molecule has 1 saturated heterocycles. The highest BCUT2D eigenvalue weighted by atomic mass is 16.5. The summed E-state index contributed by atoms with van der Waals surface area (Å²) < 4.78 is 4.83.